The summed E-state index contributed by atoms with van der Waals surface area (Å²) in [6, 6.07) is 7.96. The number of hydrogen-bond donors (Lipinski definition) is 1. The maximum absolute atomic E-state index is 11.4. The summed E-state index contributed by atoms with van der Waals surface area (Å²) in [4.78, 5) is 22.2. The molecule has 0 aliphatic rings. The summed E-state index contributed by atoms with van der Waals surface area (Å²) in [5.74, 6) is -0.953. The highest BCUT2D eigenvalue weighted by Crippen LogP contribution is 2.20. The zero-order valence-electron chi connectivity index (χ0n) is 8.34. The normalized spacial score (nSPS) is 14.0. The third kappa shape index (κ3) is 2.22. The van der Waals surface area contributed by atoms with E-state index in [1.165, 1.54) is 12.1 Å². The van der Waals surface area contributed by atoms with E-state index in [1.807, 2.05) is 0 Å². The van der Waals surface area contributed by atoms with E-state index in [1.54, 1.807) is 25.1 Å². The summed E-state index contributed by atoms with van der Waals surface area (Å²) < 4.78 is 4.63. The van der Waals surface area contributed by atoms with Crippen LogP contribution in [0.5, 0.6) is 0 Å². The number of carbonyl (C=O) groups excluding carboxylic acids is 2. The van der Waals surface area contributed by atoms with E-state index in [0.29, 0.717) is 0 Å². The van der Waals surface area contributed by atoms with Crippen molar-refractivity contribution in [3.63, 3.8) is 0 Å². The van der Waals surface area contributed by atoms with E-state index in [9.17, 15) is 14.7 Å². The number of hydrogen-bond acceptors (Lipinski definition) is 4. The van der Waals surface area contributed by atoms with E-state index in [2.05, 4.69) is 4.74 Å². The van der Waals surface area contributed by atoms with Crippen LogP contribution in [0, 0.1) is 0 Å². The second-order valence-electron chi connectivity index (χ2n) is 2.97. The minimum absolute atomic E-state index is 0.113. The first kappa shape index (κ1) is 11.4. The predicted molar refractivity (Wildman–Crippen MR) is 53.0 cm³/mol. The van der Waals surface area contributed by atoms with Crippen molar-refractivity contribution in [2.24, 2.45) is 0 Å². The highest BCUT2D eigenvalue weighted by atomic mass is 16.5. The second-order valence-corrected chi connectivity index (χ2v) is 2.97. The van der Waals surface area contributed by atoms with Crippen molar-refractivity contribution in [3.8, 4) is 0 Å². The summed E-state index contributed by atoms with van der Waals surface area (Å²) in [6.07, 6.45) is 0.181. The summed E-state index contributed by atoms with van der Waals surface area (Å²) in [5.41, 5.74) is -1.99. The molecular formula is C11H12O4. The Morgan fingerprint density at radius 3 is 2.53 bits per heavy atom. The number of ether oxygens (including phenoxy) is 1. The largest absolute Gasteiger partial charge is 0.463 e. The predicted octanol–water partition coefficient (Wildman–Crippen LogP) is 0.636. The lowest BCUT2D eigenvalue weighted by atomic mass is 9.96. The van der Waals surface area contributed by atoms with Crippen molar-refractivity contribution in [1.82, 2.24) is 0 Å². The first-order chi connectivity index (χ1) is 7.15. The lowest BCUT2D eigenvalue weighted by molar-refractivity contribution is -0.167. The summed E-state index contributed by atoms with van der Waals surface area (Å²) >= 11 is 0. The molecule has 1 aromatic rings. The molecule has 1 aromatic carbocycles. The Labute approximate surface area is 87.5 Å². The summed E-state index contributed by atoms with van der Waals surface area (Å²) in [6.45, 7) is 1.72. The third-order valence-corrected chi connectivity index (χ3v) is 1.97. The minimum Gasteiger partial charge on any atom is -0.463 e. The molecule has 0 amide bonds. The third-order valence-electron chi connectivity index (χ3n) is 1.97. The highest BCUT2D eigenvalue weighted by molar-refractivity contribution is 5.97. The maximum atomic E-state index is 11.4. The summed E-state index contributed by atoms with van der Waals surface area (Å²) in [7, 11) is 0. The van der Waals surface area contributed by atoms with Crippen LogP contribution in [0.3, 0.4) is 0 Å². The molecule has 15 heavy (non-hydrogen) atoms. The molecule has 0 saturated carbocycles. The molecule has 0 aliphatic heterocycles. The van der Waals surface area contributed by atoms with Crippen LogP contribution in [0.2, 0.25) is 0 Å². The molecule has 0 spiro atoms. The van der Waals surface area contributed by atoms with Gasteiger partial charge < -0.3 is 9.84 Å². The molecule has 80 valence electrons. The van der Waals surface area contributed by atoms with Gasteiger partial charge in [0.05, 0.1) is 6.61 Å². The van der Waals surface area contributed by atoms with Gasteiger partial charge in [0.25, 0.3) is 0 Å². The first-order valence-corrected chi connectivity index (χ1v) is 4.56. The molecular weight excluding hydrogens is 196 g/mol. The molecule has 1 rings (SSSR count). The van der Waals surface area contributed by atoms with Crippen LogP contribution in [0.25, 0.3) is 0 Å². The number of rotatable bonds is 4. The number of aliphatic hydroxyl groups is 1. The number of benzene rings is 1. The monoisotopic (exact) mass is 208 g/mol. The minimum atomic E-state index is -2.20. The molecule has 1 atom stereocenters. The van der Waals surface area contributed by atoms with Gasteiger partial charge in [-0.15, -0.1) is 0 Å². The topological polar surface area (TPSA) is 63.6 Å². The summed E-state index contributed by atoms with van der Waals surface area (Å²) in [5, 5.41) is 9.85. The van der Waals surface area contributed by atoms with Gasteiger partial charge in [0, 0.05) is 5.56 Å². The molecule has 0 radical (unpaired) electrons. The number of esters is 1. The maximum Gasteiger partial charge on any atom is 0.350 e. The fraction of sp³-hybridized carbons (Fsp3) is 0.273. The lowest BCUT2D eigenvalue weighted by Gasteiger charge is -2.19. The van der Waals surface area contributed by atoms with Crippen LogP contribution in [0.15, 0.2) is 30.3 Å². The zero-order chi connectivity index (χ0) is 11.3. The van der Waals surface area contributed by atoms with Crippen molar-refractivity contribution < 1.29 is 19.4 Å². The van der Waals surface area contributed by atoms with Gasteiger partial charge in [-0.3, -0.25) is 4.79 Å². The van der Waals surface area contributed by atoms with E-state index in [0.717, 1.165) is 0 Å². The fourth-order valence-corrected chi connectivity index (χ4v) is 1.17. The van der Waals surface area contributed by atoms with Crippen LogP contribution >= 0.6 is 0 Å². The van der Waals surface area contributed by atoms with E-state index in [4.69, 9.17) is 0 Å². The average molecular weight is 208 g/mol. The van der Waals surface area contributed by atoms with Crippen LogP contribution < -0.4 is 0 Å². The quantitative estimate of drug-likeness (QED) is 0.448. The van der Waals surface area contributed by atoms with E-state index < -0.39 is 11.6 Å². The van der Waals surface area contributed by atoms with Crippen LogP contribution in [-0.4, -0.2) is 24.0 Å². The Kier molecular flexibility index (Phi) is 3.57. The molecule has 0 heterocycles. The van der Waals surface area contributed by atoms with Gasteiger partial charge in [0.2, 0.25) is 5.60 Å². The SMILES string of the molecule is CCOC(=O)[C@](O)(C=O)c1ccccc1. The Morgan fingerprint density at radius 2 is 2.07 bits per heavy atom. The molecule has 0 aliphatic carbocycles. The lowest BCUT2D eigenvalue weighted by Crippen LogP contribution is -2.38. The Morgan fingerprint density at radius 1 is 1.47 bits per heavy atom. The smallest absolute Gasteiger partial charge is 0.350 e. The van der Waals surface area contributed by atoms with Gasteiger partial charge in [-0.05, 0) is 6.92 Å². The molecule has 0 saturated heterocycles. The molecule has 4 nitrogen and oxygen atoms in total. The molecule has 0 fully saturated rings. The van der Waals surface area contributed by atoms with Crippen molar-refractivity contribution in [2.75, 3.05) is 6.61 Å². The zero-order valence-corrected chi connectivity index (χ0v) is 8.34. The van der Waals surface area contributed by atoms with Crippen molar-refractivity contribution in [3.05, 3.63) is 35.9 Å². The Balaban J connectivity index is 3.05. The first-order valence-electron chi connectivity index (χ1n) is 4.56. The van der Waals surface area contributed by atoms with Gasteiger partial charge in [-0.1, -0.05) is 30.3 Å². The van der Waals surface area contributed by atoms with Crippen molar-refractivity contribution in [2.45, 2.75) is 12.5 Å². The van der Waals surface area contributed by atoms with Gasteiger partial charge in [0.15, 0.2) is 6.29 Å². The number of carbonyl (C=O) groups is 2. The molecule has 0 unspecified atom stereocenters. The Bertz CT molecular complexity index is 347. The van der Waals surface area contributed by atoms with E-state index >= 15 is 0 Å². The average Bonchev–Trinajstić information content (AvgIpc) is 2.29. The van der Waals surface area contributed by atoms with Crippen molar-refractivity contribution in [1.29, 1.82) is 0 Å². The van der Waals surface area contributed by atoms with Crippen LogP contribution in [0.4, 0.5) is 0 Å². The van der Waals surface area contributed by atoms with Gasteiger partial charge >= 0.3 is 5.97 Å². The molecule has 4 heteroatoms. The van der Waals surface area contributed by atoms with Gasteiger partial charge in [-0.2, -0.15) is 0 Å². The molecule has 0 bridgehead atoms. The van der Waals surface area contributed by atoms with Crippen LogP contribution in [-0.2, 0) is 19.9 Å². The number of aldehydes is 1. The molecule has 0 aromatic heterocycles. The fourth-order valence-electron chi connectivity index (χ4n) is 1.17. The van der Waals surface area contributed by atoms with Gasteiger partial charge in [0.1, 0.15) is 0 Å². The van der Waals surface area contributed by atoms with Crippen LogP contribution in [0.1, 0.15) is 12.5 Å². The highest BCUT2D eigenvalue weighted by Gasteiger charge is 2.39. The van der Waals surface area contributed by atoms with Crippen molar-refractivity contribution >= 4 is 12.3 Å². The van der Waals surface area contributed by atoms with Gasteiger partial charge in [-0.25, -0.2) is 4.79 Å². The Hall–Kier alpha value is -1.68. The molecule has 1 N–H and O–H groups in total. The van der Waals surface area contributed by atoms with E-state index in [-0.39, 0.29) is 18.5 Å². The second kappa shape index (κ2) is 4.70. The standard InChI is InChI=1S/C11H12O4/c1-2-15-10(13)11(14,8-12)9-6-4-3-5-7-9/h3-8,14H,2H2,1H3/t11-/m0/s1.